The minimum atomic E-state index is -3.75. The molecule has 0 amide bonds. The van der Waals surface area contributed by atoms with Crippen molar-refractivity contribution in [3.63, 3.8) is 0 Å². The molecule has 0 saturated heterocycles. The van der Waals surface area contributed by atoms with Crippen LogP contribution in [0.5, 0.6) is 0 Å². The van der Waals surface area contributed by atoms with Crippen molar-refractivity contribution in [3.8, 4) is 0 Å². The van der Waals surface area contributed by atoms with Crippen molar-refractivity contribution < 1.29 is 38.3 Å². The summed E-state index contributed by atoms with van der Waals surface area (Å²) < 4.78 is 20.5. The van der Waals surface area contributed by atoms with Crippen LogP contribution in [0.1, 0.15) is 175 Å². The molecule has 0 aromatic heterocycles. The molecule has 49 heavy (non-hydrogen) atoms. The molecule has 1 atom stereocenters. The summed E-state index contributed by atoms with van der Waals surface area (Å²) in [5.74, 6) is -0.154. The Morgan fingerprint density at radius 2 is 1.22 bits per heavy atom. The zero-order valence-corrected chi connectivity index (χ0v) is 32.5. The highest BCUT2D eigenvalue weighted by Gasteiger charge is 2.25. The molecule has 0 heterocycles. The number of aryl methyl sites for hydroxylation is 1. The predicted molar refractivity (Wildman–Crippen MR) is 202 cm³/mol. The van der Waals surface area contributed by atoms with E-state index in [-0.39, 0.29) is 19.1 Å². The number of carboxylic acid groups (broad SMARTS) is 2. The Bertz CT molecular complexity index is 935. The van der Waals surface area contributed by atoms with E-state index in [0.717, 1.165) is 63.7 Å². The second-order valence-electron chi connectivity index (χ2n) is 13.9. The summed E-state index contributed by atoms with van der Waals surface area (Å²) in [6.07, 6.45) is 25.9. The highest BCUT2D eigenvalue weighted by molar-refractivity contribution is 7.47. The summed E-state index contributed by atoms with van der Waals surface area (Å²) in [5.41, 5.74) is 1.47. The van der Waals surface area contributed by atoms with Crippen LogP contribution in [0.3, 0.4) is 0 Å². The lowest BCUT2D eigenvalue weighted by Gasteiger charge is -2.25. The van der Waals surface area contributed by atoms with Crippen LogP contribution in [0.15, 0.2) is 30.3 Å². The first-order valence-corrected chi connectivity index (χ1v) is 21.1. The fourth-order valence-corrected chi connectivity index (χ4v) is 6.87. The van der Waals surface area contributed by atoms with E-state index in [1.54, 1.807) is 0 Å². The minimum absolute atomic E-state index is 0.0434. The third kappa shape index (κ3) is 30.8. The Morgan fingerprint density at radius 1 is 0.735 bits per heavy atom. The van der Waals surface area contributed by atoms with Gasteiger partial charge < -0.3 is 15.1 Å². The van der Waals surface area contributed by atoms with Crippen molar-refractivity contribution in [2.24, 2.45) is 17.8 Å². The molecule has 9 heteroatoms. The molecule has 3 N–H and O–H groups in total. The van der Waals surface area contributed by atoms with E-state index in [4.69, 9.17) is 24.2 Å². The third-order valence-corrected chi connectivity index (χ3v) is 10.2. The maximum Gasteiger partial charge on any atom is 0.472 e. The molecule has 1 saturated carbocycles. The van der Waals surface area contributed by atoms with Gasteiger partial charge in [-0.15, -0.1) is 0 Å². The van der Waals surface area contributed by atoms with E-state index in [0.29, 0.717) is 12.3 Å². The summed E-state index contributed by atoms with van der Waals surface area (Å²) in [7, 11) is -3.75. The van der Waals surface area contributed by atoms with Crippen LogP contribution < -0.4 is 0 Å². The molecule has 8 nitrogen and oxygen atoms in total. The lowest BCUT2D eigenvalue weighted by Crippen LogP contribution is -2.21. The molecule has 0 bridgehead atoms. The third-order valence-electron chi connectivity index (χ3n) is 9.18. The fourth-order valence-electron chi connectivity index (χ4n) is 6.07. The normalized spacial score (nSPS) is 16.5. The molecule has 0 aliphatic heterocycles. The minimum Gasteiger partial charge on any atom is -0.481 e. The van der Waals surface area contributed by atoms with E-state index in [9.17, 15) is 14.2 Å². The van der Waals surface area contributed by atoms with Crippen LogP contribution in [-0.4, -0.2) is 40.3 Å². The van der Waals surface area contributed by atoms with E-state index in [2.05, 4.69) is 37.3 Å². The number of phosphoric ester groups is 1. The van der Waals surface area contributed by atoms with Gasteiger partial charge in [0.25, 0.3) is 0 Å². The molecule has 1 aromatic carbocycles. The van der Waals surface area contributed by atoms with Crippen LogP contribution in [0, 0.1) is 17.8 Å². The molecule has 1 unspecified atom stereocenters. The maximum absolute atomic E-state index is 11.1. The van der Waals surface area contributed by atoms with Gasteiger partial charge in [0.1, 0.15) is 0 Å². The van der Waals surface area contributed by atoms with Gasteiger partial charge in [-0.2, -0.15) is 0 Å². The number of carbonyl (C=O) groups is 2. The van der Waals surface area contributed by atoms with Gasteiger partial charge in [-0.3, -0.25) is 18.6 Å². The second kappa shape index (κ2) is 32.2. The van der Waals surface area contributed by atoms with Gasteiger partial charge in [0.15, 0.2) is 0 Å². The Morgan fingerprint density at radius 3 is 1.67 bits per heavy atom. The van der Waals surface area contributed by atoms with E-state index in [1.807, 2.05) is 20.8 Å². The first-order chi connectivity index (χ1) is 23.5. The van der Waals surface area contributed by atoms with Crippen molar-refractivity contribution in [2.45, 2.75) is 175 Å². The predicted octanol–water partition coefficient (Wildman–Crippen LogP) is 12.0. The molecule has 0 radical (unpaired) electrons. The Balaban J connectivity index is 0.000000776. The van der Waals surface area contributed by atoms with Gasteiger partial charge in [-0.25, -0.2) is 4.57 Å². The van der Waals surface area contributed by atoms with Crippen molar-refractivity contribution in [1.29, 1.82) is 0 Å². The standard InChI is InChI=1S/C22H36O2.C10H18O2.C8H19O4P/c1-20(19-22(23)24)15-11-8-6-4-2-3-5-7-9-12-16-21-17-13-10-14-18-21;1-2-3-8-4-6-9(7-5-8)10(11)12;1-3-5-7-11-13(9,10)12-8-6-4-2/h10,13-14,17-18,20H,2-9,11-12,15-16,19H2,1H3,(H,23,24);8-9H,2-7H2,1H3,(H,11,12);3-8H2,1-2H3,(H,9,10)/t;8-,9-;. The summed E-state index contributed by atoms with van der Waals surface area (Å²) in [6, 6.07) is 10.8. The summed E-state index contributed by atoms with van der Waals surface area (Å²) in [5, 5.41) is 17.5. The second-order valence-corrected chi connectivity index (χ2v) is 15.4. The maximum atomic E-state index is 11.1. The number of benzene rings is 1. The van der Waals surface area contributed by atoms with Gasteiger partial charge >= 0.3 is 19.8 Å². The van der Waals surface area contributed by atoms with Crippen molar-refractivity contribution >= 4 is 19.8 Å². The van der Waals surface area contributed by atoms with Gasteiger partial charge in [-0.05, 0) is 68.8 Å². The van der Waals surface area contributed by atoms with Crippen molar-refractivity contribution in [1.82, 2.24) is 0 Å². The first kappa shape index (κ1) is 47.3. The smallest absolute Gasteiger partial charge is 0.472 e. The molecule has 1 fully saturated rings. The molecular weight excluding hydrogens is 639 g/mol. The van der Waals surface area contributed by atoms with Gasteiger partial charge in [-0.1, -0.05) is 148 Å². The quantitative estimate of drug-likeness (QED) is 0.0639. The number of carboxylic acids is 2. The molecule has 1 aliphatic rings. The summed E-state index contributed by atoms with van der Waals surface area (Å²) in [4.78, 5) is 30.3. The van der Waals surface area contributed by atoms with Crippen LogP contribution in [0.4, 0.5) is 0 Å². The number of hydrogen-bond acceptors (Lipinski definition) is 5. The Hall–Kier alpha value is -1.73. The zero-order valence-electron chi connectivity index (χ0n) is 31.6. The van der Waals surface area contributed by atoms with Crippen LogP contribution in [0.25, 0.3) is 0 Å². The number of rotatable bonds is 26. The average Bonchev–Trinajstić information content (AvgIpc) is 3.06. The average molecular weight is 713 g/mol. The SMILES string of the molecule is CC(CCCCCCCCCCCCc1ccccc1)CC(=O)O.CCCCOP(=O)(O)OCCCC.CCC[C@H]1CC[C@H](C(=O)O)CC1. The van der Waals surface area contributed by atoms with Crippen LogP contribution in [0.2, 0.25) is 0 Å². The molecule has 1 aliphatic carbocycles. The molecular formula is C40H73O8P. The van der Waals surface area contributed by atoms with Crippen molar-refractivity contribution in [2.75, 3.05) is 13.2 Å². The van der Waals surface area contributed by atoms with E-state index in [1.165, 1.54) is 89.0 Å². The number of phosphoric acid groups is 1. The van der Waals surface area contributed by atoms with Crippen LogP contribution in [-0.2, 0) is 29.6 Å². The van der Waals surface area contributed by atoms with Gasteiger partial charge in [0, 0.05) is 6.42 Å². The summed E-state index contributed by atoms with van der Waals surface area (Å²) in [6.45, 7) is 8.80. The highest BCUT2D eigenvalue weighted by Crippen LogP contribution is 2.43. The Kier molecular flexibility index (Phi) is 31.1. The first-order valence-electron chi connectivity index (χ1n) is 19.6. The van der Waals surface area contributed by atoms with Gasteiger partial charge in [0.2, 0.25) is 0 Å². The molecule has 0 spiro atoms. The van der Waals surface area contributed by atoms with Crippen LogP contribution >= 0.6 is 7.82 Å². The largest absolute Gasteiger partial charge is 0.481 e. The topological polar surface area (TPSA) is 130 Å². The monoisotopic (exact) mass is 713 g/mol. The summed E-state index contributed by atoms with van der Waals surface area (Å²) >= 11 is 0. The highest BCUT2D eigenvalue weighted by atomic mass is 31.2. The number of unbranched alkanes of at least 4 members (excludes halogenated alkanes) is 11. The number of hydrogen-bond donors (Lipinski definition) is 3. The molecule has 1 aromatic rings. The number of aliphatic carboxylic acids is 2. The lowest BCUT2D eigenvalue weighted by atomic mass is 9.80. The zero-order chi connectivity index (χ0) is 36.6. The van der Waals surface area contributed by atoms with E-state index < -0.39 is 19.8 Å². The van der Waals surface area contributed by atoms with Gasteiger partial charge in [0.05, 0.1) is 19.1 Å². The molecule has 286 valence electrons. The van der Waals surface area contributed by atoms with E-state index >= 15 is 0 Å². The molecule has 2 rings (SSSR count). The lowest BCUT2D eigenvalue weighted by molar-refractivity contribution is -0.143. The van der Waals surface area contributed by atoms with Crippen molar-refractivity contribution in [3.05, 3.63) is 35.9 Å². The fraction of sp³-hybridized carbons (Fsp3) is 0.800. The Labute approximate surface area is 299 Å².